The van der Waals surface area contributed by atoms with Crippen LogP contribution < -0.4 is 10.2 Å². The number of hydrogen-bond acceptors (Lipinski definition) is 4. The molecule has 1 atom stereocenters. The van der Waals surface area contributed by atoms with Gasteiger partial charge in [-0.3, -0.25) is 19.5 Å². The minimum Gasteiger partial charge on any atom is -0.301 e. The number of rotatable bonds is 3. The first-order valence-corrected chi connectivity index (χ1v) is 9.06. The SMILES string of the molecule is O=C1NC(=S)N(c2ccc(Cl)cc2)C(=O)[C@H]1C=Nc1ccc(I)cc1. The molecule has 1 heterocycles. The van der Waals surface area contributed by atoms with Gasteiger partial charge >= 0.3 is 0 Å². The van der Waals surface area contributed by atoms with E-state index in [4.69, 9.17) is 23.8 Å². The van der Waals surface area contributed by atoms with Crippen LogP contribution in [0.3, 0.4) is 0 Å². The molecular weight excluding hydrogens is 473 g/mol. The predicted octanol–water partition coefficient (Wildman–Crippen LogP) is 3.71. The van der Waals surface area contributed by atoms with Crippen LogP contribution in [0, 0.1) is 9.49 Å². The highest BCUT2D eigenvalue weighted by molar-refractivity contribution is 14.1. The summed E-state index contributed by atoms with van der Waals surface area (Å²) in [5.41, 5.74) is 1.19. The Morgan fingerprint density at radius 3 is 2.40 bits per heavy atom. The van der Waals surface area contributed by atoms with Crippen molar-refractivity contribution in [2.24, 2.45) is 10.9 Å². The Labute approximate surface area is 168 Å². The van der Waals surface area contributed by atoms with Crippen molar-refractivity contribution < 1.29 is 9.59 Å². The third-order valence-corrected chi connectivity index (χ3v) is 4.74. The highest BCUT2D eigenvalue weighted by Crippen LogP contribution is 2.23. The zero-order valence-electron chi connectivity index (χ0n) is 12.6. The van der Waals surface area contributed by atoms with E-state index in [1.165, 1.54) is 11.1 Å². The maximum atomic E-state index is 12.8. The second kappa shape index (κ2) is 7.59. The van der Waals surface area contributed by atoms with Crippen molar-refractivity contribution in [1.82, 2.24) is 5.32 Å². The van der Waals surface area contributed by atoms with Crippen molar-refractivity contribution in [1.29, 1.82) is 0 Å². The number of amides is 2. The van der Waals surface area contributed by atoms with E-state index in [9.17, 15) is 9.59 Å². The lowest BCUT2D eigenvalue weighted by Gasteiger charge is -2.30. The molecule has 2 amide bonds. The number of carbonyl (C=O) groups excluding carboxylic acids is 2. The van der Waals surface area contributed by atoms with E-state index in [2.05, 4.69) is 32.9 Å². The van der Waals surface area contributed by atoms with E-state index in [1.807, 2.05) is 24.3 Å². The molecule has 1 saturated heterocycles. The molecule has 0 radical (unpaired) electrons. The van der Waals surface area contributed by atoms with E-state index in [1.54, 1.807) is 24.3 Å². The van der Waals surface area contributed by atoms with Crippen LogP contribution >= 0.6 is 46.4 Å². The average molecular weight is 484 g/mol. The minimum atomic E-state index is -1.05. The molecule has 0 aliphatic carbocycles. The summed E-state index contributed by atoms with van der Waals surface area (Å²) in [7, 11) is 0. The Hall–Kier alpha value is -1.84. The summed E-state index contributed by atoms with van der Waals surface area (Å²) in [6.45, 7) is 0. The summed E-state index contributed by atoms with van der Waals surface area (Å²) in [5, 5.41) is 3.12. The fourth-order valence-corrected chi connectivity index (χ4v) is 3.03. The zero-order valence-corrected chi connectivity index (χ0v) is 16.4. The number of aliphatic imine (C=N–C) groups is 1. The van der Waals surface area contributed by atoms with Gasteiger partial charge in [0.15, 0.2) is 11.0 Å². The number of halogens is 2. The van der Waals surface area contributed by atoms with Gasteiger partial charge in [-0.1, -0.05) is 11.6 Å². The summed E-state index contributed by atoms with van der Waals surface area (Å²) < 4.78 is 1.07. The third kappa shape index (κ3) is 4.05. The van der Waals surface area contributed by atoms with Crippen molar-refractivity contribution in [2.75, 3.05) is 4.90 Å². The van der Waals surface area contributed by atoms with Crippen LogP contribution in [0.2, 0.25) is 5.02 Å². The Bertz CT molecular complexity index is 868. The second-order valence-electron chi connectivity index (χ2n) is 5.18. The Morgan fingerprint density at radius 1 is 1.12 bits per heavy atom. The van der Waals surface area contributed by atoms with Gasteiger partial charge in [-0.05, 0) is 83.3 Å². The van der Waals surface area contributed by atoms with Crippen LogP contribution in [0.5, 0.6) is 0 Å². The lowest BCUT2D eigenvalue weighted by molar-refractivity contribution is -0.130. The number of benzene rings is 2. The van der Waals surface area contributed by atoms with Crippen molar-refractivity contribution in [2.45, 2.75) is 0 Å². The smallest absolute Gasteiger partial charge is 0.251 e. The molecule has 8 heteroatoms. The molecule has 1 fully saturated rings. The van der Waals surface area contributed by atoms with Gasteiger partial charge in [0, 0.05) is 14.8 Å². The van der Waals surface area contributed by atoms with Crippen LogP contribution in [0.1, 0.15) is 0 Å². The van der Waals surface area contributed by atoms with Crippen molar-refractivity contribution in [3.63, 3.8) is 0 Å². The monoisotopic (exact) mass is 483 g/mol. The van der Waals surface area contributed by atoms with Crippen LogP contribution in [0.25, 0.3) is 0 Å². The lowest BCUT2D eigenvalue weighted by Crippen LogP contribution is -2.58. The molecule has 3 rings (SSSR count). The van der Waals surface area contributed by atoms with Gasteiger partial charge in [0.05, 0.1) is 11.4 Å². The van der Waals surface area contributed by atoms with Crippen LogP contribution in [-0.2, 0) is 9.59 Å². The minimum absolute atomic E-state index is 0.0382. The van der Waals surface area contributed by atoms with Gasteiger partial charge in [0.2, 0.25) is 5.91 Å². The molecule has 1 N–H and O–H groups in total. The molecule has 1 aliphatic rings. The molecule has 0 saturated carbocycles. The fourth-order valence-electron chi connectivity index (χ4n) is 2.24. The van der Waals surface area contributed by atoms with Gasteiger partial charge in [0.1, 0.15) is 0 Å². The topological polar surface area (TPSA) is 61.8 Å². The Morgan fingerprint density at radius 2 is 1.76 bits per heavy atom. The van der Waals surface area contributed by atoms with E-state index in [0.717, 1.165) is 3.57 Å². The molecule has 25 heavy (non-hydrogen) atoms. The first kappa shape index (κ1) is 18.0. The van der Waals surface area contributed by atoms with Crippen molar-refractivity contribution >= 4 is 80.9 Å². The summed E-state index contributed by atoms with van der Waals surface area (Å²) in [5.74, 6) is -2.00. The molecule has 2 aromatic rings. The van der Waals surface area contributed by atoms with Crippen LogP contribution in [0.4, 0.5) is 11.4 Å². The van der Waals surface area contributed by atoms with Gasteiger partial charge in [-0.15, -0.1) is 0 Å². The first-order valence-electron chi connectivity index (χ1n) is 7.20. The van der Waals surface area contributed by atoms with Crippen molar-refractivity contribution in [3.05, 3.63) is 57.1 Å². The second-order valence-corrected chi connectivity index (χ2v) is 7.25. The van der Waals surface area contributed by atoms with Gasteiger partial charge in [-0.25, -0.2) is 0 Å². The summed E-state index contributed by atoms with van der Waals surface area (Å²) in [4.78, 5) is 30.4. The molecular formula is C17H11ClIN3O2S. The highest BCUT2D eigenvalue weighted by Gasteiger charge is 2.38. The van der Waals surface area contributed by atoms with E-state index in [-0.39, 0.29) is 5.11 Å². The van der Waals surface area contributed by atoms with Gasteiger partial charge < -0.3 is 5.32 Å². The summed E-state index contributed by atoms with van der Waals surface area (Å²) in [6.07, 6.45) is 1.34. The number of thiocarbonyl (C=S) groups is 1. The molecule has 1 aliphatic heterocycles. The van der Waals surface area contributed by atoms with Gasteiger partial charge in [-0.2, -0.15) is 0 Å². The number of nitrogens with one attached hydrogen (secondary N) is 1. The van der Waals surface area contributed by atoms with E-state index >= 15 is 0 Å². The molecule has 0 bridgehead atoms. The van der Waals surface area contributed by atoms with E-state index in [0.29, 0.717) is 16.4 Å². The fraction of sp³-hybridized carbons (Fsp3) is 0.0588. The molecule has 126 valence electrons. The Balaban J connectivity index is 1.87. The maximum Gasteiger partial charge on any atom is 0.251 e. The number of nitrogens with zero attached hydrogens (tertiary/aromatic N) is 2. The molecule has 0 aromatic heterocycles. The third-order valence-electron chi connectivity index (χ3n) is 3.49. The molecule has 5 nitrogen and oxygen atoms in total. The molecule has 0 spiro atoms. The average Bonchev–Trinajstić information content (AvgIpc) is 2.57. The quantitative estimate of drug-likeness (QED) is 0.313. The Kier molecular flexibility index (Phi) is 5.45. The first-order chi connectivity index (χ1) is 12.0. The normalized spacial score (nSPS) is 17.9. The maximum absolute atomic E-state index is 12.8. The van der Waals surface area contributed by atoms with Crippen molar-refractivity contribution in [3.8, 4) is 0 Å². The zero-order chi connectivity index (χ0) is 18.0. The number of carbonyl (C=O) groups is 2. The van der Waals surface area contributed by atoms with E-state index < -0.39 is 17.7 Å². The standard InChI is InChI=1S/C17H11ClIN3O2S/c18-10-1-7-13(8-2-10)22-16(24)14(15(23)21-17(22)25)9-20-12-5-3-11(19)4-6-12/h1-9,14H,(H,21,23,25)/t14-/m0/s1. The number of anilines is 1. The predicted molar refractivity (Wildman–Crippen MR) is 110 cm³/mol. The number of hydrogen-bond donors (Lipinski definition) is 1. The summed E-state index contributed by atoms with van der Waals surface area (Å²) >= 11 is 13.2. The van der Waals surface area contributed by atoms with Gasteiger partial charge in [0.25, 0.3) is 5.91 Å². The lowest BCUT2D eigenvalue weighted by atomic mass is 10.1. The summed E-state index contributed by atoms with van der Waals surface area (Å²) in [6, 6.07) is 14.0. The largest absolute Gasteiger partial charge is 0.301 e. The molecule has 2 aromatic carbocycles. The van der Waals surface area contributed by atoms with Crippen LogP contribution in [-0.4, -0.2) is 23.1 Å². The van der Waals surface area contributed by atoms with Crippen LogP contribution in [0.15, 0.2) is 53.5 Å². The highest BCUT2D eigenvalue weighted by atomic mass is 127. The molecule has 0 unspecified atom stereocenters.